The molecule has 0 unspecified atom stereocenters. The molecular weight excluding hydrogens is 313 g/mol. The van der Waals surface area contributed by atoms with E-state index in [9.17, 15) is 14.0 Å². The largest absolute Gasteiger partial charge is 0.352 e. The van der Waals surface area contributed by atoms with Gasteiger partial charge in [-0.25, -0.2) is 29.7 Å². The first-order valence-corrected chi connectivity index (χ1v) is 7.14. The number of benzene rings is 2. The van der Waals surface area contributed by atoms with Gasteiger partial charge in [-0.15, -0.1) is 0 Å². The summed E-state index contributed by atoms with van der Waals surface area (Å²) in [5, 5.41) is 0. The first-order valence-electron chi connectivity index (χ1n) is 7.14. The van der Waals surface area contributed by atoms with Crippen molar-refractivity contribution in [3.8, 4) is 0 Å². The van der Waals surface area contributed by atoms with Crippen molar-refractivity contribution >= 4 is 23.0 Å². The molecule has 1 heterocycles. The molecule has 0 aliphatic carbocycles. The lowest BCUT2D eigenvalue weighted by Crippen LogP contribution is -2.46. The van der Waals surface area contributed by atoms with E-state index in [2.05, 4.69) is 21.3 Å². The van der Waals surface area contributed by atoms with Crippen LogP contribution in [0.25, 0.3) is 11.0 Å². The molecule has 1 aromatic heterocycles. The summed E-state index contributed by atoms with van der Waals surface area (Å²) in [5.74, 6) is -0.795. The molecule has 2 aromatic carbocycles. The van der Waals surface area contributed by atoms with Crippen molar-refractivity contribution in [3.05, 3.63) is 66.2 Å². The van der Waals surface area contributed by atoms with Gasteiger partial charge in [0, 0.05) is 0 Å². The van der Waals surface area contributed by atoms with Crippen LogP contribution in [0.3, 0.4) is 0 Å². The number of para-hydroxylation sites is 2. The normalized spacial score (nSPS) is 10.4. The van der Waals surface area contributed by atoms with Gasteiger partial charge in [-0.2, -0.15) is 0 Å². The van der Waals surface area contributed by atoms with E-state index in [0.717, 1.165) is 11.0 Å². The lowest BCUT2D eigenvalue weighted by atomic mass is 10.1. The molecule has 0 saturated heterocycles. The molecule has 3 amide bonds. The number of halogens is 1. The highest BCUT2D eigenvalue weighted by Gasteiger charge is 2.08. The number of amides is 3. The summed E-state index contributed by atoms with van der Waals surface area (Å²) in [5.41, 5.74) is 9.15. The van der Waals surface area contributed by atoms with Crippen molar-refractivity contribution in [2.45, 2.75) is 6.42 Å². The Kier molecular flexibility index (Phi) is 4.37. The van der Waals surface area contributed by atoms with Gasteiger partial charge in [0.25, 0.3) is 0 Å². The topological polar surface area (TPSA) is 88.0 Å². The van der Waals surface area contributed by atoms with Gasteiger partial charge in [0.2, 0.25) is 5.91 Å². The molecule has 0 spiro atoms. The molecule has 3 N–H and O–H groups in total. The Bertz CT molecular complexity index is 876. The summed E-state index contributed by atoms with van der Waals surface area (Å²) in [6.45, 7) is 0. The molecule has 3 aromatic rings. The lowest BCUT2D eigenvalue weighted by Gasteiger charge is -2.10. The summed E-state index contributed by atoms with van der Waals surface area (Å²) in [4.78, 5) is 27.7. The van der Waals surface area contributed by atoms with Crippen LogP contribution in [0.15, 0.2) is 54.9 Å². The molecule has 0 fully saturated rings. The van der Waals surface area contributed by atoms with Crippen LogP contribution in [0.4, 0.5) is 9.18 Å². The third-order valence-electron chi connectivity index (χ3n) is 3.27. The zero-order valence-corrected chi connectivity index (χ0v) is 12.5. The Labute approximate surface area is 136 Å². The Hall–Kier alpha value is -3.42. The number of rotatable bonds is 3. The minimum Gasteiger partial charge on any atom is -0.273 e. The number of imidazole rings is 1. The fraction of sp³-hybridized carbons (Fsp3) is 0.0625. The zero-order valence-electron chi connectivity index (χ0n) is 12.5. The van der Waals surface area contributed by atoms with Crippen LogP contribution < -0.4 is 16.3 Å². The lowest BCUT2D eigenvalue weighted by molar-refractivity contribution is -0.121. The Balaban J connectivity index is 1.52. The first kappa shape index (κ1) is 15.5. The fourth-order valence-electron chi connectivity index (χ4n) is 2.14. The van der Waals surface area contributed by atoms with Crippen molar-refractivity contribution in [2.75, 3.05) is 5.43 Å². The highest BCUT2D eigenvalue weighted by molar-refractivity contribution is 5.87. The van der Waals surface area contributed by atoms with E-state index in [4.69, 9.17) is 0 Å². The number of hydrogen-bond acceptors (Lipinski definition) is 3. The molecule has 0 bridgehead atoms. The number of hydrazine groups is 1. The van der Waals surface area contributed by atoms with Gasteiger partial charge in [-0.05, 0) is 29.8 Å². The second kappa shape index (κ2) is 6.78. The highest BCUT2D eigenvalue weighted by Crippen LogP contribution is 2.09. The molecule has 8 heteroatoms. The number of carbonyl (C=O) groups is 2. The van der Waals surface area contributed by atoms with Gasteiger partial charge >= 0.3 is 6.03 Å². The van der Waals surface area contributed by atoms with Crippen LogP contribution in [-0.4, -0.2) is 21.6 Å². The first-order chi connectivity index (χ1) is 11.6. The minimum absolute atomic E-state index is 0.0224. The van der Waals surface area contributed by atoms with Crippen molar-refractivity contribution in [2.24, 2.45) is 0 Å². The second-order valence-electron chi connectivity index (χ2n) is 5.02. The van der Waals surface area contributed by atoms with Gasteiger partial charge in [-0.1, -0.05) is 24.3 Å². The summed E-state index contributed by atoms with van der Waals surface area (Å²) < 4.78 is 14.2. The van der Waals surface area contributed by atoms with E-state index in [1.165, 1.54) is 35.3 Å². The van der Waals surface area contributed by atoms with Crippen LogP contribution in [0.1, 0.15) is 5.56 Å². The smallest absolute Gasteiger partial charge is 0.273 e. The summed E-state index contributed by atoms with van der Waals surface area (Å²) in [6, 6.07) is 12.2. The minimum atomic E-state index is -0.620. The molecule has 24 heavy (non-hydrogen) atoms. The predicted molar refractivity (Wildman–Crippen MR) is 85.9 cm³/mol. The van der Waals surface area contributed by atoms with Crippen LogP contribution in [0.5, 0.6) is 0 Å². The zero-order chi connectivity index (χ0) is 16.9. The van der Waals surface area contributed by atoms with Crippen LogP contribution in [0.2, 0.25) is 0 Å². The molecule has 0 aliphatic rings. The van der Waals surface area contributed by atoms with Crippen molar-refractivity contribution in [1.29, 1.82) is 0 Å². The van der Waals surface area contributed by atoms with Gasteiger partial charge in [-0.3, -0.25) is 10.2 Å². The number of hydrogen-bond donors (Lipinski definition) is 3. The quantitative estimate of drug-likeness (QED) is 0.640. The number of urea groups is 1. The summed E-state index contributed by atoms with van der Waals surface area (Å²) >= 11 is 0. The number of nitrogens with zero attached hydrogens (tertiary/aromatic N) is 2. The van der Waals surface area contributed by atoms with E-state index < -0.39 is 11.9 Å². The van der Waals surface area contributed by atoms with E-state index in [0.29, 0.717) is 5.56 Å². The van der Waals surface area contributed by atoms with Crippen LogP contribution in [0, 0.1) is 5.82 Å². The Morgan fingerprint density at radius 2 is 1.79 bits per heavy atom. The average Bonchev–Trinajstić information content (AvgIpc) is 2.98. The predicted octanol–water partition coefficient (Wildman–Crippen LogP) is 1.70. The molecule has 0 radical (unpaired) electrons. The van der Waals surface area contributed by atoms with E-state index in [1.54, 1.807) is 6.07 Å². The second-order valence-corrected chi connectivity index (χ2v) is 5.02. The Morgan fingerprint density at radius 1 is 1.04 bits per heavy atom. The molecule has 0 atom stereocenters. The van der Waals surface area contributed by atoms with Gasteiger partial charge in [0.15, 0.2) is 0 Å². The number of carbonyl (C=O) groups excluding carboxylic acids is 2. The average molecular weight is 327 g/mol. The monoisotopic (exact) mass is 327 g/mol. The summed E-state index contributed by atoms with van der Waals surface area (Å²) in [7, 11) is 0. The van der Waals surface area contributed by atoms with Gasteiger partial charge < -0.3 is 0 Å². The number of aromatic nitrogens is 2. The highest BCUT2D eigenvalue weighted by atomic mass is 19.1. The van der Waals surface area contributed by atoms with Crippen molar-refractivity contribution in [3.63, 3.8) is 0 Å². The van der Waals surface area contributed by atoms with Gasteiger partial charge in [0.05, 0.1) is 17.5 Å². The van der Waals surface area contributed by atoms with E-state index in [1.807, 2.05) is 18.2 Å². The van der Waals surface area contributed by atoms with Crippen molar-refractivity contribution < 1.29 is 14.0 Å². The number of nitrogens with one attached hydrogen (secondary N) is 3. The van der Waals surface area contributed by atoms with Crippen molar-refractivity contribution in [1.82, 2.24) is 20.5 Å². The molecule has 0 saturated carbocycles. The van der Waals surface area contributed by atoms with Gasteiger partial charge in [0.1, 0.15) is 12.1 Å². The standard InChI is InChI=1S/C16H14FN5O2/c17-12-7-5-11(6-8-12)9-15(23)19-20-16(24)21-22-10-18-13-3-1-2-4-14(13)22/h1-8,10H,9H2,(H,19,23)(H2,20,21,24). The number of fused-ring (bicyclic) bond motifs is 1. The maximum atomic E-state index is 12.8. The molecule has 7 nitrogen and oxygen atoms in total. The maximum Gasteiger partial charge on any atom is 0.352 e. The van der Waals surface area contributed by atoms with Crippen LogP contribution in [-0.2, 0) is 11.2 Å². The maximum absolute atomic E-state index is 12.8. The fourth-order valence-corrected chi connectivity index (χ4v) is 2.14. The SMILES string of the molecule is O=C(Cc1ccc(F)cc1)NNC(=O)Nn1cnc2ccccc21. The third-order valence-corrected chi connectivity index (χ3v) is 3.27. The molecule has 122 valence electrons. The van der Waals surface area contributed by atoms with E-state index >= 15 is 0 Å². The molecular formula is C16H14FN5O2. The van der Waals surface area contributed by atoms with E-state index in [-0.39, 0.29) is 12.2 Å². The van der Waals surface area contributed by atoms with Crippen LogP contribution >= 0.6 is 0 Å². The molecule has 3 rings (SSSR count). The molecule has 0 aliphatic heterocycles. The summed E-state index contributed by atoms with van der Waals surface area (Å²) in [6.07, 6.45) is 1.49. The Morgan fingerprint density at radius 3 is 2.58 bits per heavy atom. The third kappa shape index (κ3) is 3.67.